The van der Waals surface area contributed by atoms with Crippen LogP contribution in [0.25, 0.3) is 0 Å². The molecule has 2 amide bonds. The first-order valence-electron chi connectivity index (χ1n) is 10.1. The summed E-state index contributed by atoms with van der Waals surface area (Å²) in [6, 6.07) is 19.7. The SMILES string of the molecule is CC[C@@H](CNC(=O)CN1CCN(C(=O)c2ccccc2)CC1)c1ccccc1. The van der Waals surface area contributed by atoms with Gasteiger partial charge in [-0.2, -0.15) is 0 Å². The maximum Gasteiger partial charge on any atom is 0.253 e. The van der Waals surface area contributed by atoms with Crippen LogP contribution in [0.15, 0.2) is 60.7 Å². The summed E-state index contributed by atoms with van der Waals surface area (Å²) in [4.78, 5) is 28.9. The molecule has 0 aromatic heterocycles. The van der Waals surface area contributed by atoms with E-state index in [0.29, 0.717) is 32.1 Å². The van der Waals surface area contributed by atoms with Crippen LogP contribution in [0.1, 0.15) is 35.2 Å². The zero-order valence-corrected chi connectivity index (χ0v) is 16.5. The van der Waals surface area contributed by atoms with Crippen molar-refractivity contribution < 1.29 is 9.59 Å². The van der Waals surface area contributed by atoms with Gasteiger partial charge in [-0.15, -0.1) is 0 Å². The summed E-state index contributed by atoms with van der Waals surface area (Å²) in [7, 11) is 0. The Morgan fingerprint density at radius 1 is 0.929 bits per heavy atom. The number of amides is 2. The molecule has 1 aliphatic rings. The summed E-state index contributed by atoms with van der Waals surface area (Å²) in [6.07, 6.45) is 0.991. The number of hydrogen-bond acceptors (Lipinski definition) is 3. The van der Waals surface area contributed by atoms with Crippen molar-refractivity contribution in [2.24, 2.45) is 0 Å². The molecule has 0 unspecified atom stereocenters. The van der Waals surface area contributed by atoms with Gasteiger partial charge < -0.3 is 10.2 Å². The van der Waals surface area contributed by atoms with Gasteiger partial charge >= 0.3 is 0 Å². The van der Waals surface area contributed by atoms with Gasteiger partial charge in [0, 0.05) is 44.2 Å². The molecule has 1 saturated heterocycles. The Labute approximate surface area is 167 Å². The topological polar surface area (TPSA) is 52.7 Å². The summed E-state index contributed by atoms with van der Waals surface area (Å²) in [5.41, 5.74) is 1.98. The van der Waals surface area contributed by atoms with Gasteiger partial charge in [0.2, 0.25) is 5.91 Å². The molecule has 0 aliphatic carbocycles. The lowest BCUT2D eigenvalue weighted by atomic mass is 9.96. The molecule has 28 heavy (non-hydrogen) atoms. The number of hydrogen-bond donors (Lipinski definition) is 1. The van der Waals surface area contributed by atoms with Gasteiger partial charge in [-0.1, -0.05) is 55.5 Å². The van der Waals surface area contributed by atoms with Crippen LogP contribution in [0.2, 0.25) is 0 Å². The second-order valence-electron chi connectivity index (χ2n) is 7.25. The monoisotopic (exact) mass is 379 g/mol. The van der Waals surface area contributed by atoms with Gasteiger partial charge in [0.1, 0.15) is 0 Å². The van der Waals surface area contributed by atoms with Gasteiger partial charge in [0.15, 0.2) is 0 Å². The van der Waals surface area contributed by atoms with Crippen molar-refractivity contribution in [1.82, 2.24) is 15.1 Å². The predicted octanol–water partition coefficient (Wildman–Crippen LogP) is 2.75. The van der Waals surface area contributed by atoms with Crippen molar-refractivity contribution in [1.29, 1.82) is 0 Å². The third-order valence-corrected chi connectivity index (χ3v) is 5.36. The fourth-order valence-corrected chi connectivity index (χ4v) is 3.59. The first-order chi connectivity index (χ1) is 13.7. The van der Waals surface area contributed by atoms with E-state index in [1.54, 1.807) is 0 Å². The summed E-state index contributed by atoms with van der Waals surface area (Å²) in [6.45, 7) is 5.95. The lowest BCUT2D eigenvalue weighted by molar-refractivity contribution is -0.122. The molecule has 1 heterocycles. The number of benzene rings is 2. The number of carbonyl (C=O) groups excluding carboxylic acids is 2. The molecule has 0 bridgehead atoms. The van der Waals surface area contributed by atoms with Gasteiger partial charge in [-0.25, -0.2) is 0 Å². The molecule has 148 valence electrons. The van der Waals surface area contributed by atoms with Crippen LogP contribution in [0.4, 0.5) is 0 Å². The molecule has 2 aromatic rings. The van der Waals surface area contributed by atoms with E-state index >= 15 is 0 Å². The van der Waals surface area contributed by atoms with Crippen molar-refractivity contribution in [2.75, 3.05) is 39.3 Å². The second kappa shape index (κ2) is 10.0. The van der Waals surface area contributed by atoms with E-state index in [-0.39, 0.29) is 11.8 Å². The Morgan fingerprint density at radius 3 is 2.14 bits per heavy atom. The molecule has 1 aliphatic heterocycles. The summed E-state index contributed by atoms with van der Waals surface area (Å²) >= 11 is 0. The van der Waals surface area contributed by atoms with Gasteiger partial charge in [-0.3, -0.25) is 14.5 Å². The maximum atomic E-state index is 12.5. The lowest BCUT2D eigenvalue weighted by Gasteiger charge is -2.34. The molecule has 5 heteroatoms. The van der Waals surface area contributed by atoms with Crippen molar-refractivity contribution in [3.05, 3.63) is 71.8 Å². The summed E-state index contributed by atoms with van der Waals surface area (Å²) < 4.78 is 0. The van der Waals surface area contributed by atoms with Crippen molar-refractivity contribution in [3.63, 3.8) is 0 Å². The molecule has 2 aromatic carbocycles. The van der Waals surface area contributed by atoms with E-state index in [9.17, 15) is 9.59 Å². The highest BCUT2D eigenvalue weighted by molar-refractivity contribution is 5.94. The van der Waals surface area contributed by atoms with Crippen LogP contribution in [-0.2, 0) is 4.79 Å². The van der Waals surface area contributed by atoms with Gasteiger partial charge in [-0.05, 0) is 24.1 Å². The fourth-order valence-electron chi connectivity index (χ4n) is 3.59. The van der Waals surface area contributed by atoms with E-state index in [1.807, 2.05) is 53.4 Å². The first kappa shape index (κ1) is 20.1. The fraction of sp³-hybridized carbons (Fsp3) is 0.391. The number of nitrogens with one attached hydrogen (secondary N) is 1. The molecule has 0 spiro atoms. The minimum absolute atomic E-state index is 0.0530. The standard InChI is InChI=1S/C23H29N3O2/c1-2-19(20-9-5-3-6-10-20)17-24-22(27)18-25-13-15-26(16-14-25)23(28)21-11-7-4-8-12-21/h3-12,19H,2,13-18H2,1H3,(H,24,27)/t19-/m0/s1. The third kappa shape index (κ3) is 5.42. The maximum absolute atomic E-state index is 12.5. The van der Waals surface area contributed by atoms with Crippen LogP contribution >= 0.6 is 0 Å². The Balaban J connectivity index is 1.42. The quantitative estimate of drug-likeness (QED) is 0.805. The first-order valence-corrected chi connectivity index (χ1v) is 10.1. The third-order valence-electron chi connectivity index (χ3n) is 5.36. The highest BCUT2D eigenvalue weighted by Gasteiger charge is 2.23. The molecule has 1 N–H and O–H groups in total. The molecule has 5 nitrogen and oxygen atoms in total. The molecule has 0 saturated carbocycles. The van der Waals surface area contributed by atoms with Crippen LogP contribution in [0.5, 0.6) is 0 Å². The van der Waals surface area contributed by atoms with Gasteiger partial charge in [0.25, 0.3) is 5.91 Å². The van der Waals surface area contributed by atoms with Crippen LogP contribution in [-0.4, -0.2) is 60.9 Å². The average Bonchev–Trinajstić information content (AvgIpc) is 2.75. The van der Waals surface area contributed by atoms with Crippen LogP contribution < -0.4 is 5.32 Å². The average molecular weight is 380 g/mol. The smallest absolute Gasteiger partial charge is 0.253 e. The van der Waals surface area contributed by atoms with E-state index in [2.05, 4.69) is 29.3 Å². The lowest BCUT2D eigenvalue weighted by Crippen LogP contribution is -2.51. The van der Waals surface area contributed by atoms with E-state index < -0.39 is 0 Å². The number of rotatable bonds is 7. The molecule has 1 atom stereocenters. The molecule has 3 rings (SSSR count). The van der Waals surface area contributed by atoms with E-state index in [1.165, 1.54) is 5.56 Å². The molecular formula is C23H29N3O2. The Kier molecular flexibility index (Phi) is 7.20. The highest BCUT2D eigenvalue weighted by atomic mass is 16.2. The minimum Gasteiger partial charge on any atom is -0.354 e. The normalized spacial score (nSPS) is 15.8. The minimum atomic E-state index is 0.0530. The van der Waals surface area contributed by atoms with Crippen LogP contribution in [0.3, 0.4) is 0 Å². The van der Waals surface area contributed by atoms with E-state index in [0.717, 1.165) is 25.1 Å². The van der Waals surface area contributed by atoms with Crippen LogP contribution in [0, 0.1) is 0 Å². The summed E-state index contributed by atoms with van der Waals surface area (Å²) in [5, 5.41) is 3.08. The number of carbonyl (C=O) groups is 2. The number of nitrogens with zero attached hydrogens (tertiary/aromatic N) is 2. The molecule has 0 radical (unpaired) electrons. The molecule has 1 fully saturated rings. The zero-order valence-electron chi connectivity index (χ0n) is 16.5. The van der Waals surface area contributed by atoms with Crippen molar-refractivity contribution in [2.45, 2.75) is 19.3 Å². The van der Waals surface area contributed by atoms with Crippen molar-refractivity contribution >= 4 is 11.8 Å². The zero-order chi connectivity index (χ0) is 19.8. The molecular weight excluding hydrogens is 350 g/mol. The van der Waals surface area contributed by atoms with Gasteiger partial charge in [0.05, 0.1) is 6.54 Å². The Bertz CT molecular complexity index is 756. The second-order valence-corrected chi connectivity index (χ2v) is 7.25. The van der Waals surface area contributed by atoms with E-state index in [4.69, 9.17) is 0 Å². The summed E-state index contributed by atoms with van der Waals surface area (Å²) in [5.74, 6) is 0.459. The van der Waals surface area contributed by atoms with Crippen molar-refractivity contribution in [3.8, 4) is 0 Å². The largest absolute Gasteiger partial charge is 0.354 e. The Hall–Kier alpha value is -2.66. The Morgan fingerprint density at radius 2 is 1.54 bits per heavy atom. The number of piperazine rings is 1. The highest BCUT2D eigenvalue weighted by Crippen LogP contribution is 2.18. The predicted molar refractivity (Wildman–Crippen MR) is 111 cm³/mol.